The van der Waals surface area contributed by atoms with Gasteiger partial charge in [0.1, 0.15) is 11.5 Å². The lowest BCUT2D eigenvalue weighted by Crippen LogP contribution is -2.43. The molecule has 3 aromatic rings. The molecule has 146 valence electrons. The number of ether oxygens (including phenoxy) is 2. The molecule has 0 saturated heterocycles. The number of hydrazine groups is 1. The van der Waals surface area contributed by atoms with Gasteiger partial charge in [0.25, 0.3) is 0 Å². The molecule has 0 aliphatic carbocycles. The first-order chi connectivity index (χ1) is 14.1. The molecule has 5 rings (SSSR count). The Bertz CT molecular complexity index is 1090. The minimum Gasteiger partial charge on any atom is -0.496 e. The van der Waals surface area contributed by atoms with Gasteiger partial charge < -0.3 is 14.9 Å². The zero-order chi connectivity index (χ0) is 20.0. The molecule has 0 radical (unpaired) electrons. The van der Waals surface area contributed by atoms with Gasteiger partial charge in [-0.15, -0.1) is 0 Å². The van der Waals surface area contributed by atoms with E-state index in [9.17, 15) is 0 Å². The third-order valence-electron chi connectivity index (χ3n) is 5.42. The second-order valence-corrected chi connectivity index (χ2v) is 7.74. The normalized spacial score (nSPS) is 20.2. The largest absolute Gasteiger partial charge is 0.496 e. The summed E-state index contributed by atoms with van der Waals surface area (Å²) in [6, 6.07) is 22.2. The van der Waals surface area contributed by atoms with Gasteiger partial charge in [-0.2, -0.15) is 5.01 Å². The molecule has 0 spiro atoms. The quantitative estimate of drug-likeness (QED) is 0.611. The van der Waals surface area contributed by atoms with Crippen molar-refractivity contribution in [3.63, 3.8) is 0 Å². The Kier molecular flexibility index (Phi) is 4.46. The van der Waals surface area contributed by atoms with E-state index in [0.717, 1.165) is 33.9 Å². The highest BCUT2D eigenvalue weighted by atomic mass is 35.5. The van der Waals surface area contributed by atoms with Crippen LogP contribution in [0.4, 0.5) is 0 Å². The minimum atomic E-state index is -0.343. The van der Waals surface area contributed by atoms with E-state index in [1.807, 2.05) is 42.5 Å². The molecule has 2 aliphatic heterocycles. The van der Waals surface area contributed by atoms with Crippen LogP contribution in [0.2, 0.25) is 5.02 Å². The van der Waals surface area contributed by atoms with Gasteiger partial charge in [0.15, 0.2) is 6.23 Å². The van der Waals surface area contributed by atoms with Gasteiger partial charge in [-0.05, 0) is 42.8 Å². The average molecular weight is 405 g/mol. The maximum Gasteiger partial charge on any atom is 0.199 e. The van der Waals surface area contributed by atoms with Crippen LogP contribution in [0.1, 0.15) is 34.5 Å². The van der Waals surface area contributed by atoms with Crippen LogP contribution < -0.4 is 14.9 Å². The predicted molar refractivity (Wildman–Crippen MR) is 115 cm³/mol. The Balaban J connectivity index is 1.61. The number of hydrogen-bond donors (Lipinski definition) is 1. The second-order valence-electron chi connectivity index (χ2n) is 7.30. The summed E-state index contributed by atoms with van der Waals surface area (Å²) >= 11 is 6.30. The number of benzene rings is 3. The first kappa shape index (κ1) is 18.1. The van der Waals surface area contributed by atoms with E-state index in [1.54, 1.807) is 7.11 Å². The molecular weight excluding hydrogens is 384 g/mol. The Morgan fingerprint density at radius 2 is 1.79 bits per heavy atom. The third kappa shape index (κ3) is 3.15. The van der Waals surface area contributed by atoms with Crippen molar-refractivity contribution in [2.45, 2.75) is 19.2 Å². The number of halogens is 1. The highest BCUT2D eigenvalue weighted by Crippen LogP contribution is 2.47. The molecule has 4 nitrogen and oxygen atoms in total. The van der Waals surface area contributed by atoms with E-state index in [4.69, 9.17) is 21.1 Å². The summed E-state index contributed by atoms with van der Waals surface area (Å²) in [4.78, 5) is 0. The third-order valence-corrected chi connectivity index (χ3v) is 5.66. The molecule has 2 atom stereocenters. The maximum absolute atomic E-state index is 6.42. The molecule has 5 heteroatoms. The Hall–Kier alpha value is -2.95. The minimum absolute atomic E-state index is 0.0105. The van der Waals surface area contributed by atoms with Gasteiger partial charge >= 0.3 is 0 Å². The number of nitrogens with zero attached hydrogens (tertiary/aromatic N) is 1. The van der Waals surface area contributed by atoms with Crippen molar-refractivity contribution in [2.24, 2.45) is 0 Å². The number of methoxy groups -OCH3 is 1. The highest BCUT2D eigenvalue weighted by Gasteiger charge is 2.41. The van der Waals surface area contributed by atoms with Crippen LogP contribution in [0.5, 0.6) is 11.5 Å². The average Bonchev–Trinajstić information content (AvgIpc) is 3.19. The van der Waals surface area contributed by atoms with E-state index in [2.05, 4.69) is 47.7 Å². The van der Waals surface area contributed by atoms with E-state index in [1.165, 1.54) is 5.56 Å². The number of hydrogen-bond acceptors (Lipinski definition) is 4. The van der Waals surface area contributed by atoms with E-state index >= 15 is 0 Å². The van der Waals surface area contributed by atoms with Crippen molar-refractivity contribution in [3.8, 4) is 11.5 Å². The Morgan fingerprint density at radius 1 is 1.00 bits per heavy atom. The summed E-state index contributed by atoms with van der Waals surface area (Å²) < 4.78 is 12.0. The van der Waals surface area contributed by atoms with Crippen molar-refractivity contribution in [1.29, 1.82) is 0 Å². The monoisotopic (exact) mass is 404 g/mol. The lowest BCUT2D eigenvalue weighted by atomic mass is 10.0. The highest BCUT2D eigenvalue weighted by molar-refractivity contribution is 6.30. The molecule has 2 aliphatic rings. The molecule has 29 heavy (non-hydrogen) atoms. The van der Waals surface area contributed by atoms with Crippen molar-refractivity contribution in [2.75, 3.05) is 7.11 Å². The van der Waals surface area contributed by atoms with Crippen molar-refractivity contribution >= 4 is 17.3 Å². The molecule has 0 aromatic heterocycles. The summed E-state index contributed by atoms with van der Waals surface area (Å²) in [6.07, 6.45) is 1.88. The van der Waals surface area contributed by atoms with E-state index < -0.39 is 0 Å². The maximum atomic E-state index is 6.42. The number of fused-ring (bicyclic) bond motifs is 3. The van der Waals surface area contributed by atoms with Crippen molar-refractivity contribution < 1.29 is 9.47 Å². The van der Waals surface area contributed by atoms with Crippen LogP contribution >= 0.6 is 11.6 Å². The molecule has 0 fully saturated rings. The molecular formula is C24H21ClN2O2. The fraction of sp³-hybridized carbons (Fsp3) is 0.167. The molecule has 0 saturated carbocycles. The lowest BCUT2D eigenvalue weighted by molar-refractivity contribution is -0.0338. The number of aryl methyl sites for hydroxylation is 1. The standard InChI is InChI=1S/C24H21ClN2O2/c1-15-7-9-16(10-8-15)20-14-21-19-13-17(25)11-12-23(19)29-24(27(21)26-20)18-5-3-4-6-22(18)28-2/h3-14,21,24,26H,1-2H3/t21-,24-/m1/s1. The van der Waals surface area contributed by atoms with E-state index in [0.29, 0.717) is 5.02 Å². The summed E-state index contributed by atoms with van der Waals surface area (Å²) in [5.74, 6) is 1.62. The number of rotatable bonds is 3. The SMILES string of the molecule is COc1ccccc1[C@H]1Oc2ccc(Cl)cc2[C@H]2C=C(c3ccc(C)cc3)NN21. The van der Waals surface area contributed by atoms with Gasteiger partial charge in [0.2, 0.25) is 0 Å². The van der Waals surface area contributed by atoms with Crippen molar-refractivity contribution in [1.82, 2.24) is 10.4 Å². The fourth-order valence-electron chi connectivity index (χ4n) is 3.94. The lowest BCUT2D eigenvalue weighted by Gasteiger charge is -2.39. The Labute approximate surface area is 175 Å². The zero-order valence-corrected chi connectivity index (χ0v) is 17.0. The van der Waals surface area contributed by atoms with Crippen LogP contribution in [-0.4, -0.2) is 12.1 Å². The molecule has 0 amide bonds. The summed E-state index contributed by atoms with van der Waals surface area (Å²) in [6.45, 7) is 2.09. The summed E-state index contributed by atoms with van der Waals surface area (Å²) in [5.41, 5.74) is 8.98. The van der Waals surface area contributed by atoms with Crippen LogP contribution in [0, 0.1) is 6.92 Å². The van der Waals surface area contributed by atoms with Gasteiger partial charge in [-0.1, -0.05) is 59.6 Å². The topological polar surface area (TPSA) is 33.7 Å². The molecule has 1 N–H and O–H groups in total. The van der Waals surface area contributed by atoms with Crippen LogP contribution in [0.3, 0.4) is 0 Å². The molecule has 0 unspecified atom stereocenters. The summed E-state index contributed by atoms with van der Waals surface area (Å²) in [7, 11) is 1.68. The van der Waals surface area contributed by atoms with Crippen molar-refractivity contribution in [3.05, 3.63) is 100 Å². The van der Waals surface area contributed by atoms with Gasteiger partial charge in [-0.3, -0.25) is 0 Å². The van der Waals surface area contributed by atoms with E-state index in [-0.39, 0.29) is 12.3 Å². The molecule has 2 heterocycles. The van der Waals surface area contributed by atoms with Gasteiger partial charge in [0.05, 0.1) is 24.4 Å². The van der Waals surface area contributed by atoms with Crippen LogP contribution in [0.15, 0.2) is 72.8 Å². The van der Waals surface area contributed by atoms with Crippen LogP contribution in [-0.2, 0) is 0 Å². The molecule has 3 aromatic carbocycles. The second kappa shape index (κ2) is 7.14. The van der Waals surface area contributed by atoms with Gasteiger partial charge in [-0.25, -0.2) is 0 Å². The van der Waals surface area contributed by atoms with Gasteiger partial charge in [0, 0.05) is 10.6 Å². The molecule has 0 bridgehead atoms. The number of para-hydroxylation sites is 1. The smallest absolute Gasteiger partial charge is 0.199 e. The first-order valence-corrected chi connectivity index (χ1v) is 9.95. The fourth-order valence-corrected chi connectivity index (χ4v) is 4.12. The zero-order valence-electron chi connectivity index (χ0n) is 16.2. The van der Waals surface area contributed by atoms with Crippen LogP contribution in [0.25, 0.3) is 5.70 Å². The summed E-state index contributed by atoms with van der Waals surface area (Å²) in [5, 5.41) is 2.81. The predicted octanol–water partition coefficient (Wildman–Crippen LogP) is 5.65. The Morgan fingerprint density at radius 3 is 2.59 bits per heavy atom. The first-order valence-electron chi connectivity index (χ1n) is 9.57. The number of nitrogens with one attached hydrogen (secondary N) is 1.